The number of hydrogen-bond acceptors (Lipinski definition) is 2. The molecule has 1 aromatic carbocycles. The lowest BCUT2D eigenvalue weighted by atomic mass is 10.1. The lowest BCUT2D eigenvalue weighted by Gasteiger charge is -2.20. The Morgan fingerprint density at radius 2 is 2.31 bits per heavy atom. The summed E-state index contributed by atoms with van der Waals surface area (Å²) in [6, 6.07) is 6.57. The topological polar surface area (TPSA) is 15.3 Å². The van der Waals surface area contributed by atoms with E-state index in [4.69, 9.17) is 0 Å². The molecule has 1 fully saturated rings. The first-order chi connectivity index (χ1) is 7.70. The van der Waals surface area contributed by atoms with E-state index in [1.807, 2.05) is 7.05 Å². The molecule has 0 amide bonds. The average molecular weight is 283 g/mol. The molecule has 1 aliphatic heterocycles. The van der Waals surface area contributed by atoms with Gasteiger partial charge in [0.2, 0.25) is 0 Å². The summed E-state index contributed by atoms with van der Waals surface area (Å²) in [6.07, 6.45) is 1.29. The predicted octanol–water partition coefficient (Wildman–Crippen LogP) is 2.80. The van der Waals surface area contributed by atoms with Crippen molar-refractivity contribution in [1.82, 2.24) is 5.32 Å². The van der Waals surface area contributed by atoms with Gasteiger partial charge in [0, 0.05) is 17.6 Å². The van der Waals surface area contributed by atoms with Crippen molar-refractivity contribution in [3.8, 4) is 0 Å². The molecule has 0 spiro atoms. The minimum Gasteiger partial charge on any atom is -0.370 e. The molecule has 0 aliphatic carbocycles. The first-order valence-corrected chi connectivity index (χ1v) is 6.65. The van der Waals surface area contributed by atoms with E-state index in [1.54, 1.807) is 0 Å². The Bertz CT molecular complexity index is 365. The SMILES string of the molecule is CNCC1CCN(c2cc(C)ccc2Br)C1. The van der Waals surface area contributed by atoms with Crippen molar-refractivity contribution in [2.75, 3.05) is 31.6 Å². The van der Waals surface area contributed by atoms with Gasteiger partial charge >= 0.3 is 0 Å². The number of hydrogen-bond donors (Lipinski definition) is 1. The number of benzene rings is 1. The van der Waals surface area contributed by atoms with Crippen LogP contribution in [0.4, 0.5) is 5.69 Å². The molecule has 1 heterocycles. The van der Waals surface area contributed by atoms with Gasteiger partial charge in [-0.1, -0.05) is 6.07 Å². The molecule has 1 aliphatic rings. The first-order valence-electron chi connectivity index (χ1n) is 5.86. The number of halogens is 1. The fraction of sp³-hybridized carbons (Fsp3) is 0.538. The van der Waals surface area contributed by atoms with E-state index in [-0.39, 0.29) is 0 Å². The number of nitrogens with zero attached hydrogens (tertiary/aromatic N) is 1. The van der Waals surface area contributed by atoms with Gasteiger partial charge in [-0.25, -0.2) is 0 Å². The van der Waals surface area contributed by atoms with Crippen molar-refractivity contribution in [2.24, 2.45) is 5.92 Å². The monoisotopic (exact) mass is 282 g/mol. The smallest absolute Gasteiger partial charge is 0.0513 e. The second-order valence-corrected chi connectivity index (χ2v) is 5.47. The molecule has 16 heavy (non-hydrogen) atoms. The van der Waals surface area contributed by atoms with Gasteiger partial charge in [0.15, 0.2) is 0 Å². The largest absolute Gasteiger partial charge is 0.370 e. The lowest BCUT2D eigenvalue weighted by molar-refractivity contribution is 0.549. The standard InChI is InChI=1S/C13H19BrN2/c1-10-3-4-12(14)13(7-10)16-6-5-11(9-16)8-15-2/h3-4,7,11,15H,5-6,8-9H2,1-2H3. The van der Waals surface area contributed by atoms with Gasteiger partial charge < -0.3 is 10.2 Å². The lowest BCUT2D eigenvalue weighted by Crippen LogP contribution is -2.24. The maximum atomic E-state index is 3.64. The minimum absolute atomic E-state index is 0.789. The predicted molar refractivity (Wildman–Crippen MR) is 73.1 cm³/mol. The van der Waals surface area contributed by atoms with Gasteiger partial charge in [0.25, 0.3) is 0 Å². The maximum Gasteiger partial charge on any atom is 0.0513 e. The highest BCUT2D eigenvalue weighted by molar-refractivity contribution is 9.10. The molecule has 2 rings (SSSR count). The average Bonchev–Trinajstić information content (AvgIpc) is 2.71. The van der Waals surface area contributed by atoms with Crippen LogP contribution < -0.4 is 10.2 Å². The fourth-order valence-electron chi connectivity index (χ4n) is 2.37. The van der Waals surface area contributed by atoms with Gasteiger partial charge in [-0.15, -0.1) is 0 Å². The van der Waals surface area contributed by atoms with Crippen LogP contribution in [-0.2, 0) is 0 Å². The molecule has 3 heteroatoms. The van der Waals surface area contributed by atoms with Crippen LogP contribution >= 0.6 is 15.9 Å². The van der Waals surface area contributed by atoms with Crippen molar-refractivity contribution in [3.05, 3.63) is 28.2 Å². The summed E-state index contributed by atoms with van der Waals surface area (Å²) in [5.41, 5.74) is 2.67. The second kappa shape index (κ2) is 5.19. The van der Waals surface area contributed by atoms with Crippen LogP contribution in [0.25, 0.3) is 0 Å². The number of rotatable bonds is 3. The van der Waals surface area contributed by atoms with Gasteiger partial charge in [0.1, 0.15) is 0 Å². The highest BCUT2D eigenvalue weighted by Gasteiger charge is 2.23. The second-order valence-electron chi connectivity index (χ2n) is 4.61. The summed E-state index contributed by atoms with van der Waals surface area (Å²) in [5.74, 6) is 0.789. The highest BCUT2D eigenvalue weighted by Crippen LogP contribution is 2.31. The van der Waals surface area contributed by atoms with Gasteiger partial charge in [-0.3, -0.25) is 0 Å². The van der Waals surface area contributed by atoms with E-state index in [1.165, 1.54) is 35.2 Å². The van der Waals surface area contributed by atoms with Crippen LogP contribution in [0.5, 0.6) is 0 Å². The van der Waals surface area contributed by atoms with Gasteiger partial charge in [-0.2, -0.15) is 0 Å². The Hall–Kier alpha value is -0.540. The van der Waals surface area contributed by atoms with E-state index in [9.17, 15) is 0 Å². The maximum absolute atomic E-state index is 3.64. The van der Waals surface area contributed by atoms with Crippen molar-refractivity contribution in [2.45, 2.75) is 13.3 Å². The van der Waals surface area contributed by atoms with E-state index in [0.29, 0.717) is 0 Å². The third-order valence-corrected chi connectivity index (χ3v) is 3.89. The van der Waals surface area contributed by atoms with Crippen LogP contribution in [0.15, 0.2) is 22.7 Å². The summed E-state index contributed by atoms with van der Waals surface area (Å²) in [6.45, 7) is 5.62. The Balaban J connectivity index is 2.11. The van der Waals surface area contributed by atoms with Gasteiger partial charge in [0.05, 0.1) is 5.69 Å². The molecule has 1 unspecified atom stereocenters. The zero-order valence-corrected chi connectivity index (χ0v) is 11.5. The van der Waals surface area contributed by atoms with Crippen LogP contribution in [0.1, 0.15) is 12.0 Å². The molecule has 0 saturated carbocycles. The summed E-state index contributed by atoms with van der Waals surface area (Å²) < 4.78 is 1.21. The summed E-state index contributed by atoms with van der Waals surface area (Å²) in [5, 5.41) is 3.27. The molecule has 0 radical (unpaired) electrons. The van der Waals surface area contributed by atoms with Gasteiger partial charge in [-0.05, 0) is 66.5 Å². The Kier molecular flexibility index (Phi) is 3.87. The number of aryl methyl sites for hydroxylation is 1. The Morgan fingerprint density at radius 1 is 1.50 bits per heavy atom. The van der Waals surface area contributed by atoms with Crippen LogP contribution in [0.3, 0.4) is 0 Å². The van der Waals surface area contributed by atoms with Crippen LogP contribution in [0.2, 0.25) is 0 Å². The molecular formula is C13H19BrN2. The molecule has 0 bridgehead atoms. The summed E-state index contributed by atoms with van der Waals surface area (Å²) in [4.78, 5) is 2.49. The molecule has 0 aromatic heterocycles. The van der Waals surface area contributed by atoms with Crippen LogP contribution in [0, 0.1) is 12.8 Å². The quantitative estimate of drug-likeness (QED) is 0.917. The van der Waals surface area contributed by atoms with E-state index < -0.39 is 0 Å². The highest BCUT2D eigenvalue weighted by atomic mass is 79.9. The third-order valence-electron chi connectivity index (χ3n) is 3.22. The molecule has 1 saturated heterocycles. The van der Waals surface area contributed by atoms with E-state index in [2.05, 4.69) is 51.3 Å². The first kappa shape index (κ1) is 11.9. The van der Waals surface area contributed by atoms with Crippen molar-refractivity contribution in [1.29, 1.82) is 0 Å². The van der Waals surface area contributed by atoms with Crippen molar-refractivity contribution >= 4 is 21.6 Å². The number of anilines is 1. The molecule has 1 atom stereocenters. The van der Waals surface area contributed by atoms with Crippen LogP contribution in [-0.4, -0.2) is 26.7 Å². The Labute approximate surface area is 106 Å². The van der Waals surface area contributed by atoms with Crippen molar-refractivity contribution in [3.63, 3.8) is 0 Å². The zero-order valence-electron chi connectivity index (χ0n) is 9.96. The zero-order chi connectivity index (χ0) is 11.5. The summed E-state index contributed by atoms with van der Waals surface area (Å²) >= 11 is 3.64. The molecule has 88 valence electrons. The third kappa shape index (κ3) is 2.58. The van der Waals surface area contributed by atoms with Crippen molar-refractivity contribution < 1.29 is 0 Å². The molecular weight excluding hydrogens is 264 g/mol. The van der Waals surface area contributed by atoms with E-state index in [0.717, 1.165) is 12.5 Å². The number of nitrogens with one attached hydrogen (secondary N) is 1. The van der Waals surface area contributed by atoms with E-state index >= 15 is 0 Å². The molecule has 1 N–H and O–H groups in total. The fourth-order valence-corrected chi connectivity index (χ4v) is 2.87. The normalized spacial score (nSPS) is 20.4. The Morgan fingerprint density at radius 3 is 3.06 bits per heavy atom. The molecule has 1 aromatic rings. The minimum atomic E-state index is 0.789. The summed E-state index contributed by atoms with van der Waals surface area (Å²) in [7, 11) is 2.03. The molecule has 2 nitrogen and oxygen atoms in total.